The maximum Gasteiger partial charge on any atom is 0.269 e. The summed E-state index contributed by atoms with van der Waals surface area (Å²) >= 11 is 0. The van der Waals surface area contributed by atoms with Crippen molar-refractivity contribution in [2.75, 3.05) is 53.2 Å². The molecular weight excluding hydrogens is 316 g/mol. The Hall–Kier alpha value is -1.97. The Kier molecular flexibility index (Phi) is 12.4. The lowest BCUT2D eigenvalue weighted by atomic mass is 10.2. The van der Waals surface area contributed by atoms with Gasteiger partial charge in [0.05, 0.1) is 19.8 Å². The van der Waals surface area contributed by atoms with E-state index in [9.17, 15) is 9.59 Å². The Labute approximate surface area is 142 Å². The number of oxime groups is 1. The zero-order valence-electron chi connectivity index (χ0n) is 14.5. The summed E-state index contributed by atoms with van der Waals surface area (Å²) in [5, 5.41) is 6.17. The lowest BCUT2D eigenvalue weighted by Gasteiger charge is -2.25. The van der Waals surface area contributed by atoms with Crippen LogP contribution in [0.25, 0.3) is 0 Å². The van der Waals surface area contributed by atoms with Gasteiger partial charge in [-0.3, -0.25) is 14.5 Å². The van der Waals surface area contributed by atoms with Gasteiger partial charge in [0.15, 0.2) is 0 Å². The van der Waals surface area contributed by atoms with Gasteiger partial charge >= 0.3 is 0 Å². The average molecular weight is 344 g/mol. The number of amides is 2. The van der Waals surface area contributed by atoms with E-state index in [1.165, 1.54) is 14.0 Å². The Morgan fingerprint density at radius 1 is 1.38 bits per heavy atom. The van der Waals surface area contributed by atoms with Gasteiger partial charge in [0.1, 0.15) is 18.4 Å². The highest BCUT2D eigenvalue weighted by Crippen LogP contribution is 1.96. The Morgan fingerprint density at radius 3 is 2.54 bits per heavy atom. The number of hydrogen-bond donors (Lipinski definition) is 2. The van der Waals surface area contributed by atoms with Crippen molar-refractivity contribution in [3.05, 3.63) is 13.2 Å². The second kappa shape index (κ2) is 13.5. The van der Waals surface area contributed by atoms with Gasteiger partial charge in [-0.15, -0.1) is 13.2 Å². The summed E-state index contributed by atoms with van der Waals surface area (Å²) in [6.07, 6.45) is 0. The van der Waals surface area contributed by atoms with E-state index in [2.05, 4.69) is 28.5 Å². The fourth-order valence-corrected chi connectivity index (χ4v) is 1.80. The molecule has 0 radical (unpaired) electrons. The lowest BCUT2D eigenvalue weighted by Crippen LogP contribution is -2.49. The van der Waals surface area contributed by atoms with Crippen LogP contribution in [0, 0.1) is 0 Å². The molecule has 138 valence electrons. The number of primary amides is 1. The molecule has 1 aliphatic rings. The van der Waals surface area contributed by atoms with Gasteiger partial charge in [0.25, 0.3) is 5.91 Å². The van der Waals surface area contributed by atoms with E-state index in [4.69, 9.17) is 20.0 Å². The first kappa shape index (κ1) is 22.0. The second-order valence-electron chi connectivity index (χ2n) is 4.85. The molecule has 1 aliphatic heterocycles. The topological polar surface area (TPSA) is 115 Å². The quantitative estimate of drug-likeness (QED) is 0.243. The minimum atomic E-state index is -0.893. The monoisotopic (exact) mass is 344 g/mol. The third kappa shape index (κ3) is 9.23. The summed E-state index contributed by atoms with van der Waals surface area (Å²) in [6, 6.07) is -0.893. The van der Waals surface area contributed by atoms with Crippen molar-refractivity contribution in [2.24, 2.45) is 10.9 Å². The molecule has 24 heavy (non-hydrogen) atoms. The average Bonchev–Trinajstić information content (AvgIpc) is 2.60. The molecule has 9 heteroatoms. The molecular formula is C15H28N4O5. The summed E-state index contributed by atoms with van der Waals surface area (Å²) in [4.78, 5) is 30.2. The maximum absolute atomic E-state index is 11.8. The van der Waals surface area contributed by atoms with Crippen molar-refractivity contribution >= 4 is 17.5 Å². The normalized spacial score (nSPS) is 16.5. The Balaban J connectivity index is 0.00000254. The highest BCUT2D eigenvalue weighted by atomic mass is 16.6. The molecule has 1 saturated heterocycles. The largest absolute Gasteiger partial charge is 0.394 e. The maximum atomic E-state index is 11.8. The van der Waals surface area contributed by atoms with Crippen molar-refractivity contribution in [2.45, 2.75) is 13.0 Å². The third-order valence-corrected chi connectivity index (χ3v) is 3.11. The summed E-state index contributed by atoms with van der Waals surface area (Å²) < 4.78 is 10.1. The van der Waals surface area contributed by atoms with E-state index >= 15 is 0 Å². The number of nitrogens with two attached hydrogens (primary N) is 1. The molecule has 2 amide bonds. The van der Waals surface area contributed by atoms with Crippen molar-refractivity contribution in [1.29, 1.82) is 0 Å². The fourth-order valence-electron chi connectivity index (χ4n) is 1.80. The molecule has 1 heterocycles. The standard InChI is InChI=1S/C13H24N4O5.C2H4/c1-10(13(19)15-11(9-20-2)12(14)18)16-22-8-5-17-3-6-21-7-4-17;1-2/h11H,3-9H2,1-2H3,(H2,14,18)(H,15,19);1-2H2/b16-10+;/t11-;/m0./s1. The van der Waals surface area contributed by atoms with Crippen LogP contribution >= 0.6 is 0 Å². The van der Waals surface area contributed by atoms with Crippen molar-refractivity contribution in [3.8, 4) is 0 Å². The van der Waals surface area contributed by atoms with Crippen LogP contribution in [0.5, 0.6) is 0 Å². The number of hydrogen-bond acceptors (Lipinski definition) is 7. The summed E-state index contributed by atoms with van der Waals surface area (Å²) in [5.41, 5.74) is 5.27. The number of rotatable bonds is 9. The van der Waals surface area contributed by atoms with Crippen molar-refractivity contribution in [3.63, 3.8) is 0 Å². The molecule has 1 atom stereocenters. The fraction of sp³-hybridized carbons (Fsp3) is 0.667. The molecule has 0 aromatic rings. The van der Waals surface area contributed by atoms with Crippen LogP contribution in [0.2, 0.25) is 0 Å². The van der Waals surface area contributed by atoms with Crippen molar-refractivity contribution in [1.82, 2.24) is 10.2 Å². The van der Waals surface area contributed by atoms with Crippen LogP contribution in [0.4, 0.5) is 0 Å². The zero-order chi connectivity index (χ0) is 18.4. The van der Waals surface area contributed by atoms with Crippen LogP contribution in [-0.4, -0.2) is 81.6 Å². The van der Waals surface area contributed by atoms with Gasteiger partial charge in [-0.1, -0.05) is 5.16 Å². The molecule has 0 aromatic carbocycles. The number of ether oxygens (including phenoxy) is 2. The van der Waals surface area contributed by atoms with E-state index in [1.54, 1.807) is 0 Å². The van der Waals surface area contributed by atoms with Gasteiger partial charge in [0, 0.05) is 26.7 Å². The molecule has 0 spiro atoms. The minimum Gasteiger partial charge on any atom is -0.394 e. The predicted octanol–water partition coefficient (Wildman–Crippen LogP) is -0.870. The van der Waals surface area contributed by atoms with Gasteiger partial charge in [-0.05, 0) is 6.92 Å². The first-order valence-corrected chi connectivity index (χ1v) is 7.60. The molecule has 3 N–H and O–H groups in total. The van der Waals surface area contributed by atoms with Crippen LogP contribution in [-0.2, 0) is 23.9 Å². The number of morpholine rings is 1. The van der Waals surface area contributed by atoms with Gasteiger partial charge in [0.2, 0.25) is 5.91 Å². The lowest BCUT2D eigenvalue weighted by molar-refractivity contribution is -0.125. The van der Waals surface area contributed by atoms with E-state index in [0.717, 1.165) is 32.8 Å². The number of carbonyl (C=O) groups is 2. The number of methoxy groups -OCH3 is 1. The predicted molar refractivity (Wildman–Crippen MR) is 90.6 cm³/mol. The third-order valence-electron chi connectivity index (χ3n) is 3.11. The van der Waals surface area contributed by atoms with Crippen LogP contribution < -0.4 is 11.1 Å². The summed E-state index contributed by atoms with van der Waals surface area (Å²) in [6.45, 7) is 11.8. The van der Waals surface area contributed by atoms with Gasteiger partial charge < -0.3 is 25.4 Å². The first-order valence-electron chi connectivity index (χ1n) is 7.60. The molecule has 0 bridgehead atoms. The van der Waals surface area contributed by atoms with E-state index in [-0.39, 0.29) is 12.3 Å². The van der Waals surface area contributed by atoms with Crippen LogP contribution in [0.3, 0.4) is 0 Å². The Bertz CT molecular complexity index is 411. The molecule has 0 saturated carbocycles. The van der Waals surface area contributed by atoms with E-state index < -0.39 is 17.9 Å². The SMILES string of the molecule is C=C.COC[C@H](NC(=O)/C(C)=N/OCCN1CCOCC1)C(N)=O. The summed E-state index contributed by atoms with van der Waals surface area (Å²) in [5.74, 6) is -1.19. The molecule has 1 rings (SSSR count). The molecule has 0 aromatic heterocycles. The highest BCUT2D eigenvalue weighted by molar-refractivity contribution is 6.38. The molecule has 0 aliphatic carbocycles. The van der Waals surface area contributed by atoms with E-state index in [1.807, 2.05) is 0 Å². The zero-order valence-corrected chi connectivity index (χ0v) is 14.5. The summed E-state index contributed by atoms with van der Waals surface area (Å²) in [7, 11) is 1.41. The van der Waals surface area contributed by atoms with Crippen LogP contribution in [0.15, 0.2) is 18.3 Å². The highest BCUT2D eigenvalue weighted by Gasteiger charge is 2.19. The molecule has 0 unspecified atom stereocenters. The number of nitrogens with one attached hydrogen (secondary N) is 1. The molecule has 9 nitrogen and oxygen atoms in total. The first-order chi connectivity index (χ1) is 11.5. The van der Waals surface area contributed by atoms with E-state index in [0.29, 0.717) is 6.61 Å². The van der Waals surface area contributed by atoms with Gasteiger partial charge in [-0.25, -0.2) is 0 Å². The molecule has 1 fully saturated rings. The minimum absolute atomic E-state index is 0.00619. The smallest absolute Gasteiger partial charge is 0.269 e. The number of carbonyl (C=O) groups excluding carboxylic acids is 2. The second-order valence-corrected chi connectivity index (χ2v) is 4.85. The van der Waals surface area contributed by atoms with Crippen molar-refractivity contribution < 1.29 is 23.9 Å². The van der Waals surface area contributed by atoms with Crippen LogP contribution in [0.1, 0.15) is 6.92 Å². The van der Waals surface area contributed by atoms with Gasteiger partial charge in [-0.2, -0.15) is 0 Å². The Morgan fingerprint density at radius 2 is 2.00 bits per heavy atom. The number of nitrogens with zero attached hydrogens (tertiary/aromatic N) is 2.